The average molecular weight is 323 g/mol. The van der Waals surface area contributed by atoms with Crippen molar-refractivity contribution < 1.29 is 19.1 Å². The summed E-state index contributed by atoms with van der Waals surface area (Å²) in [4.78, 5) is 24.9. The molecule has 1 unspecified atom stereocenters. The first-order chi connectivity index (χ1) is 11.0. The number of halogens is 1. The third-order valence-electron chi connectivity index (χ3n) is 4.04. The van der Waals surface area contributed by atoms with Crippen LogP contribution in [0.15, 0.2) is 24.3 Å². The van der Waals surface area contributed by atoms with Gasteiger partial charge in [0.2, 0.25) is 11.8 Å². The van der Waals surface area contributed by atoms with Crippen LogP contribution in [0.3, 0.4) is 0 Å². The standard InChI is InChI=1S/C16H22FN3O3/c17-13-3-1-2-12(8-13)14(21)9-19-16(23)11-4-6-20(7-5-11)10-15(18)22/h1-3,8,11,14,21H,4-7,9-10H2,(H2,18,22)(H,19,23). The van der Waals surface area contributed by atoms with Gasteiger partial charge in [0, 0.05) is 12.5 Å². The number of aliphatic hydroxyl groups excluding tert-OH is 1. The first kappa shape index (κ1) is 17.4. The van der Waals surface area contributed by atoms with Gasteiger partial charge in [-0.2, -0.15) is 0 Å². The molecule has 1 aliphatic heterocycles. The molecule has 0 aliphatic carbocycles. The number of amides is 2. The van der Waals surface area contributed by atoms with E-state index in [9.17, 15) is 19.1 Å². The Hall–Kier alpha value is -1.99. The average Bonchev–Trinajstić information content (AvgIpc) is 2.52. The van der Waals surface area contributed by atoms with Crippen LogP contribution in [-0.4, -0.2) is 48.0 Å². The van der Waals surface area contributed by atoms with Crippen molar-refractivity contribution in [2.75, 3.05) is 26.2 Å². The predicted octanol–water partition coefficient (Wildman–Crippen LogP) is 0.173. The summed E-state index contributed by atoms with van der Waals surface area (Å²) in [7, 11) is 0. The summed E-state index contributed by atoms with van der Waals surface area (Å²) >= 11 is 0. The Labute approximate surface area is 134 Å². The van der Waals surface area contributed by atoms with Gasteiger partial charge in [0.1, 0.15) is 5.82 Å². The highest BCUT2D eigenvalue weighted by Gasteiger charge is 2.25. The van der Waals surface area contributed by atoms with E-state index in [4.69, 9.17) is 5.73 Å². The van der Waals surface area contributed by atoms with Gasteiger partial charge < -0.3 is 16.2 Å². The van der Waals surface area contributed by atoms with Crippen LogP contribution in [0.4, 0.5) is 4.39 Å². The number of nitrogens with zero attached hydrogens (tertiary/aromatic N) is 1. The van der Waals surface area contributed by atoms with E-state index in [0.29, 0.717) is 31.5 Å². The number of likely N-dealkylation sites (tertiary alicyclic amines) is 1. The Bertz CT molecular complexity index is 559. The molecule has 0 bridgehead atoms. The van der Waals surface area contributed by atoms with Gasteiger partial charge in [-0.3, -0.25) is 14.5 Å². The topological polar surface area (TPSA) is 95.7 Å². The molecule has 1 heterocycles. The smallest absolute Gasteiger partial charge is 0.231 e. The Morgan fingerprint density at radius 1 is 1.39 bits per heavy atom. The lowest BCUT2D eigenvalue weighted by Crippen LogP contribution is -2.44. The van der Waals surface area contributed by atoms with Crippen LogP contribution in [0.25, 0.3) is 0 Å². The Balaban J connectivity index is 1.76. The fourth-order valence-corrected chi connectivity index (χ4v) is 2.75. The predicted molar refractivity (Wildman–Crippen MR) is 82.7 cm³/mol. The first-order valence-corrected chi connectivity index (χ1v) is 7.67. The molecule has 126 valence electrons. The summed E-state index contributed by atoms with van der Waals surface area (Å²) in [5.41, 5.74) is 5.58. The largest absolute Gasteiger partial charge is 0.387 e. The number of primary amides is 1. The zero-order valence-electron chi connectivity index (χ0n) is 12.9. The van der Waals surface area contributed by atoms with Gasteiger partial charge in [0.25, 0.3) is 0 Å². The number of nitrogens with two attached hydrogens (primary N) is 1. The van der Waals surface area contributed by atoms with Crippen LogP contribution in [0.2, 0.25) is 0 Å². The summed E-state index contributed by atoms with van der Waals surface area (Å²) in [6.07, 6.45) is 0.356. The second kappa shape index (κ2) is 8.03. The maximum Gasteiger partial charge on any atom is 0.231 e. The molecule has 1 aromatic rings. The molecule has 1 saturated heterocycles. The van der Waals surface area contributed by atoms with Crippen molar-refractivity contribution in [1.82, 2.24) is 10.2 Å². The minimum absolute atomic E-state index is 0.0454. The van der Waals surface area contributed by atoms with Gasteiger partial charge in [-0.15, -0.1) is 0 Å². The lowest BCUT2D eigenvalue weighted by atomic mass is 9.95. The van der Waals surface area contributed by atoms with Crippen molar-refractivity contribution >= 4 is 11.8 Å². The Kier molecular flexibility index (Phi) is 6.06. The molecule has 23 heavy (non-hydrogen) atoms. The highest BCUT2D eigenvalue weighted by molar-refractivity contribution is 5.79. The molecule has 1 fully saturated rings. The van der Waals surface area contributed by atoms with Crippen molar-refractivity contribution in [2.24, 2.45) is 11.7 Å². The van der Waals surface area contributed by atoms with Gasteiger partial charge >= 0.3 is 0 Å². The van der Waals surface area contributed by atoms with Crippen molar-refractivity contribution in [3.63, 3.8) is 0 Å². The molecule has 0 radical (unpaired) electrons. The number of hydrogen-bond donors (Lipinski definition) is 3. The third kappa shape index (κ3) is 5.30. The molecule has 1 atom stereocenters. The SMILES string of the molecule is NC(=O)CN1CCC(C(=O)NCC(O)c2cccc(F)c2)CC1. The minimum Gasteiger partial charge on any atom is -0.387 e. The van der Waals surface area contributed by atoms with E-state index >= 15 is 0 Å². The Morgan fingerprint density at radius 2 is 2.09 bits per heavy atom. The molecule has 2 amide bonds. The van der Waals surface area contributed by atoms with Gasteiger partial charge in [-0.05, 0) is 43.6 Å². The Morgan fingerprint density at radius 3 is 2.70 bits per heavy atom. The zero-order chi connectivity index (χ0) is 16.8. The summed E-state index contributed by atoms with van der Waals surface area (Å²) in [6, 6.07) is 5.68. The molecule has 4 N–H and O–H groups in total. The van der Waals surface area contributed by atoms with E-state index in [1.54, 1.807) is 6.07 Å². The van der Waals surface area contributed by atoms with E-state index in [0.717, 1.165) is 0 Å². The summed E-state index contributed by atoms with van der Waals surface area (Å²) in [6.45, 7) is 1.55. The van der Waals surface area contributed by atoms with Crippen molar-refractivity contribution in [3.8, 4) is 0 Å². The summed E-state index contributed by atoms with van der Waals surface area (Å²) in [5.74, 6) is -1.06. The van der Waals surface area contributed by atoms with E-state index < -0.39 is 11.9 Å². The normalized spacial score (nSPS) is 17.7. The molecule has 7 heteroatoms. The van der Waals surface area contributed by atoms with Gasteiger partial charge in [0.15, 0.2) is 0 Å². The second-order valence-electron chi connectivity index (χ2n) is 5.83. The number of nitrogens with one attached hydrogen (secondary N) is 1. The van der Waals surface area contributed by atoms with Crippen molar-refractivity contribution in [2.45, 2.75) is 18.9 Å². The van der Waals surface area contributed by atoms with E-state index in [-0.39, 0.29) is 30.8 Å². The highest BCUT2D eigenvalue weighted by Crippen LogP contribution is 2.18. The molecule has 1 aromatic carbocycles. The maximum absolute atomic E-state index is 13.1. The fraction of sp³-hybridized carbons (Fsp3) is 0.500. The third-order valence-corrected chi connectivity index (χ3v) is 4.04. The van der Waals surface area contributed by atoms with Gasteiger partial charge in [0.05, 0.1) is 12.6 Å². The summed E-state index contributed by atoms with van der Waals surface area (Å²) < 4.78 is 13.1. The molecular weight excluding hydrogens is 301 g/mol. The fourth-order valence-electron chi connectivity index (χ4n) is 2.75. The van der Waals surface area contributed by atoms with Crippen LogP contribution >= 0.6 is 0 Å². The number of aliphatic hydroxyl groups is 1. The van der Waals surface area contributed by atoms with Crippen LogP contribution in [-0.2, 0) is 9.59 Å². The van der Waals surface area contributed by atoms with Crippen LogP contribution in [0.1, 0.15) is 24.5 Å². The number of carbonyl (C=O) groups is 2. The van der Waals surface area contributed by atoms with Crippen LogP contribution in [0, 0.1) is 11.7 Å². The molecular formula is C16H22FN3O3. The molecule has 6 nitrogen and oxygen atoms in total. The van der Waals surface area contributed by atoms with Crippen molar-refractivity contribution in [3.05, 3.63) is 35.6 Å². The van der Waals surface area contributed by atoms with Crippen molar-refractivity contribution in [1.29, 1.82) is 0 Å². The molecule has 0 saturated carbocycles. The first-order valence-electron chi connectivity index (χ1n) is 7.67. The molecule has 0 aromatic heterocycles. The maximum atomic E-state index is 13.1. The molecule has 1 aliphatic rings. The molecule has 2 rings (SSSR count). The van der Waals surface area contributed by atoms with Crippen LogP contribution in [0.5, 0.6) is 0 Å². The number of piperidine rings is 1. The summed E-state index contributed by atoms with van der Waals surface area (Å²) in [5, 5.41) is 12.7. The number of carbonyl (C=O) groups excluding carboxylic acids is 2. The van der Waals surface area contributed by atoms with Gasteiger partial charge in [-0.1, -0.05) is 12.1 Å². The zero-order valence-corrected chi connectivity index (χ0v) is 12.9. The van der Waals surface area contributed by atoms with Crippen LogP contribution < -0.4 is 11.1 Å². The molecule has 0 spiro atoms. The van der Waals surface area contributed by atoms with Gasteiger partial charge in [-0.25, -0.2) is 4.39 Å². The quantitative estimate of drug-likeness (QED) is 0.695. The number of hydrogen-bond acceptors (Lipinski definition) is 4. The lowest BCUT2D eigenvalue weighted by molar-refractivity contribution is -0.127. The number of benzene rings is 1. The number of rotatable bonds is 6. The monoisotopic (exact) mass is 323 g/mol. The van der Waals surface area contributed by atoms with E-state index in [1.165, 1.54) is 18.2 Å². The second-order valence-corrected chi connectivity index (χ2v) is 5.83. The highest BCUT2D eigenvalue weighted by atomic mass is 19.1. The van der Waals surface area contributed by atoms with E-state index in [2.05, 4.69) is 5.32 Å². The van der Waals surface area contributed by atoms with E-state index in [1.807, 2.05) is 4.90 Å². The lowest BCUT2D eigenvalue weighted by Gasteiger charge is -2.30. The minimum atomic E-state index is -0.940.